The Bertz CT molecular complexity index is 824. The fourth-order valence-corrected chi connectivity index (χ4v) is 4.07. The Hall–Kier alpha value is -1.89. The predicted octanol–water partition coefficient (Wildman–Crippen LogP) is 2.42. The van der Waals surface area contributed by atoms with Crippen LogP contribution in [0.5, 0.6) is 0 Å². The van der Waals surface area contributed by atoms with Gasteiger partial charge in [-0.15, -0.1) is 0 Å². The molecular weight excluding hydrogens is 336 g/mol. The highest BCUT2D eigenvalue weighted by atomic mass is 35.5. The molecule has 2 aromatic carbocycles. The van der Waals surface area contributed by atoms with E-state index in [4.69, 9.17) is 11.6 Å². The first-order valence-electron chi connectivity index (χ1n) is 7.12. The minimum atomic E-state index is -3.79. The molecule has 3 rings (SSSR count). The molecule has 0 saturated carbocycles. The zero-order valence-electron chi connectivity index (χ0n) is 12.1. The van der Waals surface area contributed by atoms with Crippen LogP contribution in [0.4, 0.5) is 5.69 Å². The lowest BCUT2D eigenvalue weighted by Gasteiger charge is -2.17. The number of benzene rings is 2. The van der Waals surface area contributed by atoms with E-state index in [2.05, 4.69) is 4.72 Å². The van der Waals surface area contributed by atoms with E-state index in [9.17, 15) is 13.2 Å². The number of anilines is 1. The SMILES string of the molecule is O=C1C(NS(=O)(=O)c2cccc(Cl)c2)CCN1c1ccccc1. The van der Waals surface area contributed by atoms with Gasteiger partial charge in [-0.1, -0.05) is 35.9 Å². The van der Waals surface area contributed by atoms with Gasteiger partial charge in [0.25, 0.3) is 0 Å². The number of sulfonamides is 1. The van der Waals surface area contributed by atoms with E-state index in [1.165, 1.54) is 12.1 Å². The summed E-state index contributed by atoms with van der Waals surface area (Å²) in [5.41, 5.74) is 0.766. The van der Waals surface area contributed by atoms with Crippen molar-refractivity contribution >= 4 is 33.2 Å². The highest BCUT2D eigenvalue weighted by molar-refractivity contribution is 7.89. The maximum atomic E-state index is 12.5. The van der Waals surface area contributed by atoms with Crippen molar-refractivity contribution in [2.45, 2.75) is 17.4 Å². The average Bonchev–Trinajstić information content (AvgIpc) is 2.89. The molecular formula is C16H15ClN2O3S. The monoisotopic (exact) mass is 350 g/mol. The van der Waals surface area contributed by atoms with E-state index in [0.717, 1.165) is 5.69 Å². The van der Waals surface area contributed by atoms with Crippen LogP contribution in [0.2, 0.25) is 5.02 Å². The first-order chi connectivity index (χ1) is 11.0. The third-order valence-electron chi connectivity index (χ3n) is 3.68. The third-order valence-corrected chi connectivity index (χ3v) is 5.38. The lowest BCUT2D eigenvalue weighted by Crippen LogP contribution is -2.41. The molecule has 120 valence electrons. The maximum absolute atomic E-state index is 12.5. The normalized spacial score (nSPS) is 18.4. The molecule has 1 amide bonds. The van der Waals surface area contributed by atoms with Crippen molar-refractivity contribution in [2.75, 3.05) is 11.4 Å². The molecule has 0 bridgehead atoms. The van der Waals surface area contributed by atoms with Crippen LogP contribution in [-0.4, -0.2) is 26.9 Å². The van der Waals surface area contributed by atoms with E-state index < -0.39 is 16.1 Å². The number of hydrogen-bond donors (Lipinski definition) is 1. The van der Waals surface area contributed by atoms with Crippen LogP contribution in [0, 0.1) is 0 Å². The van der Waals surface area contributed by atoms with Crippen molar-refractivity contribution in [3.8, 4) is 0 Å². The number of carbonyl (C=O) groups is 1. The molecule has 1 N–H and O–H groups in total. The molecule has 0 aliphatic carbocycles. The molecule has 5 nitrogen and oxygen atoms in total. The Morgan fingerprint density at radius 2 is 1.83 bits per heavy atom. The van der Waals surface area contributed by atoms with Crippen molar-refractivity contribution in [3.63, 3.8) is 0 Å². The Balaban J connectivity index is 1.78. The van der Waals surface area contributed by atoms with Crippen LogP contribution in [0.15, 0.2) is 59.5 Å². The number of halogens is 1. The Labute approximate surface area is 139 Å². The predicted molar refractivity (Wildman–Crippen MR) is 89.0 cm³/mol. The van der Waals surface area contributed by atoms with E-state index in [1.54, 1.807) is 17.0 Å². The van der Waals surface area contributed by atoms with Crippen LogP contribution in [0.1, 0.15) is 6.42 Å². The highest BCUT2D eigenvalue weighted by Gasteiger charge is 2.35. The van der Waals surface area contributed by atoms with Gasteiger partial charge in [0.1, 0.15) is 6.04 Å². The summed E-state index contributed by atoms with van der Waals surface area (Å²) in [5, 5.41) is 0.330. The van der Waals surface area contributed by atoms with E-state index in [-0.39, 0.29) is 10.8 Å². The third kappa shape index (κ3) is 3.39. The van der Waals surface area contributed by atoms with E-state index >= 15 is 0 Å². The van der Waals surface area contributed by atoms with Gasteiger partial charge in [0, 0.05) is 17.3 Å². The Kier molecular flexibility index (Phi) is 4.39. The van der Waals surface area contributed by atoms with Crippen LogP contribution in [0.25, 0.3) is 0 Å². The minimum Gasteiger partial charge on any atom is -0.311 e. The molecule has 1 saturated heterocycles. The van der Waals surface area contributed by atoms with Gasteiger partial charge >= 0.3 is 0 Å². The molecule has 7 heteroatoms. The number of carbonyl (C=O) groups excluding carboxylic acids is 1. The molecule has 0 spiro atoms. The van der Waals surface area contributed by atoms with Crippen molar-refractivity contribution < 1.29 is 13.2 Å². The quantitative estimate of drug-likeness (QED) is 0.920. The highest BCUT2D eigenvalue weighted by Crippen LogP contribution is 2.23. The van der Waals surface area contributed by atoms with Crippen molar-refractivity contribution in [2.24, 2.45) is 0 Å². The van der Waals surface area contributed by atoms with Crippen LogP contribution >= 0.6 is 11.6 Å². The fraction of sp³-hybridized carbons (Fsp3) is 0.188. The lowest BCUT2D eigenvalue weighted by molar-refractivity contribution is -0.118. The number of hydrogen-bond acceptors (Lipinski definition) is 3. The zero-order valence-corrected chi connectivity index (χ0v) is 13.7. The first kappa shape index (κ1) is 16.0. The van der Waals surface area contributed by atoms with Gasteiger partial charge in [-0.25, -0.2) is 8.42 Å². The second kappa shape index (κ2) is 6.31. The Morgan fingerprint density at radius 1 is 1.09 bits per heavy atom. The van der Waals surface area contributed by atoms with Gasteiger partial charge in [-0.05, 0) is 36.8 Å². The molecule has 2 aromatic rings. The van der Waals surface area contributed by atoms with E-state index in [1.807, 2.05) is 30.3 Å². The molecule has 0 aromatic heterocycles. The summed E-state index contributed by atoms with van der Waals surface area (Å²) in [7, 11) is -3.79. The smallest absolute Gasteiger partial charge is 0.245 e. The standard InChI is InChI=1S/C16H15ClN2O3S/c17-12-5-4-8-14(11-12)23(21,22)18-15-9-10-19(16(15)20)13-6-2-1-3-7-13/h1-8,11,15,18H,9-10H2. The number of amides is 1. The molecule has 1 atom stereocenters. The van der Waals surface area contributed by atoms with Gasteiger partial charge in [0.2, 0.25) is 15.9 Å². The van der Waals surface area contributed by atoms with Crippen molar-refractivity contribution in [3.05, 3.63) is 59.6 Å². The van der Waals surface area contributed by atoms with Gasteiger partial charge in [0.15, 0.2) is 0 Å². The molecule has 1 fully saturated rings. The number of rotatable bonds is 4. The summed E-state index contributed by atoms with van der Waals surface area (Å²) in [6.07, 6.45) is 0.424. The van der Waals surface area contributed by atoms with Gasteiger partial charge in [-0.3, -0.25) is 4.79 Å². The lowest BCUT2D eigenvalue weighted by atomic mass is 10.3. The van der Waals surface area contributed by atoms with Crippen molar-refractivity contribution in [1.82, 2.24) is 4.72 Å². The van der Waals surface area contributed by atoms with E-state index in [0.29, 0.717) is 18.0 Å². The first-order valence-corrected chi connectivity index (χ1v) is 8.98. The summed E-state index contributed by atoms with van der Waals surface area (Å²) >= 11 is 5.83. The number of nitrogens with zero attached hydrogens (tertiary/aromatic N) is 1. The van der Waals surface area contributed by atoms with Crippen LogP contribution < -0.4 is 9.62 Å². The maximum Gasteiger partial charge on any atom is 0.245 e. The number of nitrogens with one attached hydrogen (secondary N) is 1. The molecule has 0 radical (unpaired) electrons. The van der Waals surface area contributed by atoms with Gasteiger partial charge in [0.05, 0.1) is 4.90 Å². The van der Waals surface area contributed by atoms with Crippen molar-refractivity contribution in [1.29, 1.82) is 0 Å². The summed E-state index contributed by atoms with van der Waals surface area (Å²) < 4.78 is 27.2. The summed E-state index contributed by atoms with van der Waals surface area (Å²) in [4.78, 5) is 14.1. The zero-order chi connectivity index (χ0) is 16.4. The van der Waals surface area contributed by atoms with Gasteiger partial charge < -0.3 is 4.90 Å². The summed E-state index contributed by atoms with van der Waals surface area (Å²) in [5.74, 6) is -0.248. The largest absolute Gasteiger partial charge is 0.311 e. The summed E-state index contributed by atoms with van der Waals surface area (Å²) in [6, 6.07) is 14.4. The molecule has 1 aliphatic rings. The second-order valence-electron chi connectivity index (χ2n) is 5.25. The topological polar surface area (TPSA) is 66.5 Å². The number of para-hydroxylation sites is 1. The van der Waals surface area contributed by atoms with Crippen LogP contribution in [0.3, 0.4) is 0 Å². The van der Waals surface area contributed by atoms with Crippen LogP contribution in [-0.2, 0) is 14.8 Å². The molecule has 1 unspecified atom stereocenters. The van der Waals surface area contributed by atoms with Gasteiger partial charge in [-0.2, -0.15) is 4.72 Å². The Morgan fingerprint density at radius 3 is 2.52 bits per heavy atom. The molecule has 1 aliphatic heterocycles. The minimum absolute atomic E-state index is 0.0518. The molecule has 23 heavy (non-hydrogen) atoms. The average molecular weight is 351 g/mol. The fourth-order valence-electron chi connectivity index (χ4n) is 2.54. The summed E-state index contributed by atoms with van der Waals surface area (Å²) in [6.45, 7) is 0.478. The second-order valence-corrected chi connectivity index (χ2v) is 7.40. The molecule has 1 heterocycles.